The van der Waals surface area contributed by atoms with E-state index in [0.717, 1.165) is 103 Å². The average molecular weight is 1240 g/mol. The maximum Gasteiger partial charge on any atom is 0.361 e. The third-order valence-electron chi connectivity index (χ3n) is 15.7. The molecule has 0 aliphatic rings. The van der Waals surface area contributed by atoms with Crippen molar-refractivity contribution in [3.8, 4) is 0 Å². The van der Waals surface area contributed by atoms with Crippen LogP contribution in [0.15, 0.2) is 122 Å². The molecule has 0 bridgehead atoms. The maximum absolute atomic E-state index is 13.0. The molecule has 0 aliphatic heterocycles. The Morgan fingerprint density at radius 1 is 0.337 bits per heavy atom. The van der Waals surface area contributed by atoms with Crippen molar-refractivity contribution >= 4 is 17.9 Å². The zero-order chi connectivity index (χ0) is 64.7. The lowest BCUT2D eigenvalue weighted by Gasteiger charge is -2.25. The quantitative estimate of drug-likeness (QED) is 0.0211. The van der Waals surface area contributed by atoms with Crippen molar-refractivity contribution in [2.45, 2.75) is 322 Å². The van der Waals surface area contributed by atoms with Crippen molar-refractivity contribution in [3.63, 3.8) is 0 Å². The minimum absolute atomic E-state index is 0.184. The molecule has 0 fully saturated rings. The highest BCUT2D eigenvalue weighted by Gasteiger charge is 2.25. The number of allylic oxidation sites excluding steroid dienone is 20. The van der Waals surface area contributed by atoms with Crippen molar-refractivity contribution in [2.24, 2.45) is 0 Å². The van der Waals surface area contributed by atoms with Gasteiger partial charge in [-0.3, -0.25) is 9.59 Å². The van der Waals surface area contributed by atoms with Gasteiger partial charge in [-0.15, -0.1) is 0 Å². The van der Waals surface area contributed by atoms with E-state index < -0.39 is 24.3 Å². The van der Waals surface area contributed by atoms with Crippen LogP contribution in [0.3, 0.4) is 0 Å². The Kier molecular flexibility index (Phi) is 66.2. The van der Waals surface area contributed by atoms with Crippen LogP contribution in [0, 0.1) is 0 Å². The van der Waals surface area contributed by atoms with Gasteiger partial charge in [0.05, 0.1) is 34.4 Å². The lowest BCUT2D eigenvalue weighted by Crippen LogP contribution is -2.40. The third kappa shape index (κ3) is 71.0. The monoisotopic (exact) mass is 1240 g/mol. The van der Waals surface area contributed by atoms with Crippen LogP contribution in [0.4, 0.5) is 0 Å². The lowest BCUT2D eigenvalue weighted by molar-refractivity contribution is -0.870. The molecule has 9 heteroatoms. The van der Waals surface area contributed by atoms with Gasteiger partial charge >= 0.3 is 17.9 Å². The van der Waals surface area contributed by atoms with Crippen molar-refractivity contribution in [3.05, 3.63) is 122 Å². The summed E-state index contributed by atoms with van der Waals surface area (Å²) < 4.78 is 23.0. The summed E-state index contributed by atoms with van der Waals surface area (Å²) >= 11 is 0. The molecule has 0 radical (unpaired) electrons. The highest BCUT2D eigenvalue weighted by atomic mass is 16.7. The largest absolute Gasteiger partial charge is 0.477 e. The minimum Gasteiger partial charge on any atom is -0.477 e. The molecule has 0 rings (SSSR count). The predicted octanol–water partition coefficient (Wildman–Crippen LogP) is 23.1. The van der Waals surface area contributed by atoms with E-state index >= 15 is 0 Å². The van der Waals surface area contributed by atoms with Gasteiger partial charge in [-0.25, -0.2) is 4.79 Å². The zero-order valence-electron chi connectivity index (χ0n) is 58.3. The van der Waals surface area contributed by atoms with Crippen LogP contribution >= 0.6 is 0 Å². The highest BCUT2D eigenvalue weighted by Crippen LogP contribution is 2.18. The Morgan fingerprint density at radius 3 is 0.899 bits per heavy atom. The SMILES string of the molecule is CC/C=C\C/C=C\C/C=C\C/C=C\C/C=C\C/C=C\CCCCCCCCCCCCCCCCCCC(=O)OC(COC(=O)CCCCCCCCCCCCCCCCCC/C=C\C/C=C\C/C=C\C/C=C\CC)COC(OCC[N+](C)(C)C)C(=O)O. The first-order valence-electron chi connectivity index (χ1n) is 36.7. The van der Waals surface area contributed by atoms with E-state index in [1.165, 1.54) is 180 Å². The molecule has 89 heavy (non-hydrogen) atoms. The van der Waals surface area contributed by atoms with E-state index in [-0.39, 0.29) is 32.2 Å². The van der Waals surface area contributed by atoms with Crippen molar-refractivity contribution in [2.75, 3.05) is 47.5 Å². The lowest BCUT2D eigenvalue weighted by atomic mass is 10.0. The molecule has 510 valence electrons. The number of aliphatic carboxylic acids is 1. The molecule has 0 spiro atoms. The second-order valence-corrected chi connectivity index (χ2v) is 25.5. The first-order valence-corrected chi connectivity index (χ1v) is 36.7. The summed E-state index contributed by atoms with van der Waals surface area (Å²) in [6.45, 7) is 4.68. The fourth-order valence-corrected chi connectivity index (χ4v) is 10.2. The van der Waals surface area contributed by atoms with E-state index in [9.17, 15) is 19.5 Å². The average Bonchev–Trinajstić information content (AvgIpc) is 3.64. The summed E-state index contributed by atoms with van der Waals surface area (Å²) in [5, 5.41) is 9.76. The summed E-state index contributed by atoms with van der Waals surface area (Å²) in [5.74, 6) is -2.00. The number of quaternary nitrogens is 1. The molecule has 2 unspecified atom stereocenters. The van der Waals surface area contributed by atoms with Crippen molar-refractivity contribution < 1.29 is 42.9 Å². The fourth-order valence-electron chi connectivity index (χ4n) is 10.2. The van der Waals surface area contributed by atoms with Crippen molar-refractivity contribution in [1.82, 2.24) is 0 Å². The third-order valence-corrected chi connectivity index (χ3v) is 15.7. The van der Waals surface area contributed by atoms with Crippen LogP contribution in [-0.4, -0.2) is 87.4 Å². The molecule has 0 saturated heterocycles. The number of rotatable bonds is 67. The molecule has 0 heterocycles. The van der Waals surface area contributed by atoms with Gasteiger partial charge in [-0.2, -0.15) is 0 Å². The number of carbonyl (C=O) groups is 3. The van der Waals surface area contributed by atoms with Gasteiger partial charge in [0, 0.05) is 12.8 Å². The Labute approximate surface area is 548 Å². The molecular weight excluding hydrogens is 1100 g/mol. The van der Waals surface area contributed by atoms with Crippen LogP contribution in [0.5, 0.6) is 0 Å². The number of carboxylic acid groups (broad SMARTS) is 1. The Bertz CT molecular complexity index is 1880. The molecule has 2 atom stereocenters. The number of esters is 2. The second kappa shape index (κ2) is 69.6. The van der Waals surface area contributed by atoms with Crippen LogP contribution in [0.2, 0.25) is 0 Å². The van der Waals surface area contributed by atoms with Gasteiger partial charge in [0.25, 0.3) is 6.29 Å². The van der Waals surface area contributed by atoms with E-state index in [1.54, 1.807) is 0 Å². The van der Waals surface area contributed by atoms with Gasteiger partial charge < -0.3 is 28.5 Å². The number of nitrogens with zero attached hydrogens (tertiary/aromatic N) is 1. The number of carboxylic acids is 1. The number of unbranched alkanes of at least 4 members (excludes halogenated alkanes) is 32. The van der Waals surface area contributed by atoms with E-state index in [1.807, 2.05) is 21.1 Å². The van der Waals surface area contributed by atoms with E-state index in [4.69, 9.17) is 18.9 Å². The molecule has 9 nitrogen and oxygen atoms in total. The minimum atomic E-state index is -1.52. The Morgan fingerprint density at radius 2 is 0.607 bits per heavy atom. The number of hydrogen-bond acceptors (Lipinski definition) is 7. The smallest absolute Gasteiger partial charge is 0.361 e. The first kappa shape index (κ1) is 84.7. The van der Waals surface area contributed by atoms with Crippen LogP contribution in [0.25, 0.3) is 0 Å². The summed E-state index contributed by atoms with van der Waals surface area (Å²) in [6.07, 6.45) is 96.0. The van der Waals surface area contributed by atoms with Crippen molar-refractivity contribution in [1.29, 1.82) is 0 Å². The predicted molar refractivity (Wildman–Crippen MR) is 382 cm³/mol. The molecule has 0 aromatic heterocycles. The zero-order valence-corrected chi connectivity index (χ0v) is 58.3. The normalized spacial score (nSPS) is 13.4. The van der Waals surface area contributed by atoms with Gasteiger partial charge in [0.1, 0.15) is 13.2 Å². The summed E-state index contributed by atoms with van der Waals surface area (Å²) in [6, 6.07) is 0. The first-order chi connectivity index (χ1) is 43.6. The van der Waals surface area contributed by atoms with Gasteiger partial charge in [0.2, 0.25) is 0 Å². The standard InChI is InChI=1S/C80H137NO8/c1-6-8-10-12-14-16-18-20-22-24-26-28-30-32-34-36-37-38-39-40-41-43-45-47-49-51-53-55-57-59-61-63-65-67-69-71-78(83)89-76(75-88-80(79(84)85)86-73-72-81(3,4)5)74-87-77(82)70-68-66-64-62-60-58-56-54-52-50-48-46-44-42-35-33-31-29-27-25-23-21-19-17-15-13-11-9-7-2/h8-11,14-17,20-23,26-29,32,34,37-38,76,80H,6-7,12-13,18-19,24-25,30-31,33,35-36,39-75H2,1-5H3/p+1/b10-8-,11-9-,16-14-,17-15-,22-20-,23-21-,28-26-,29-27-,34-32-,38-37-. The Hall–Kier alpha value is -4.31. The number of carbonyl (C=O) groups excluding carboxylic acids is 2. The van der Waals surface area contributed by atoms with E-state index in [2.05, 4.69) is 135 Å². The number of ether oxygens (including phenoxy) is 4. The summed E-state index contributed by atoms with van der Waals surface area (Å²) in [7, 11) is 5.98. The van der Waals surface area contributed by atoms with Crippen LogP contribution in [-0.2, 0) is 33.3 Å². The highest BCUT2D eigenvalue weighted by molar-refractivity contribution is 5.71. The topological polar surface area (TPSA) is 108 Å². The van der Waals surface area contributed by atoms with Gasteiger partial charge in [-0.1, -0.05) is 315 Å². The summed E-state index contributed by atoms with van der Waals surface area (Å²) in [5.41, 5.74) is 0. The molecule has 0 aromatic carbocycles. The van der Waals surface area contributed by atoms with Gasteiger partial charge in [-0.05, 0) is 103 Å². The van der Waals surface area contributed by atoms with Gasteiger partial charge in [0.15, 0.2) is 6.10 Å². The number of hydrogen-bond donors (Lipinski definition) is 1. The number of likely N-dealkylation sites (N-methyl/N-ethyl adjacent to an activating group) is 1. The molecule has 0 aliphatic carbocycles. The second-order valence-electron chi connectivity index (χ2n) is 25.5. The van der Waals surface area contributed by atoms with E-state index in [0.29, 0.717) is 17.4 Å². The molecule has 1 N–H and O–H groups in total. The van der Waals surface area contributed by atoms with Crippen LogP contribution in [0.1, 0.15) is 309 Å². The molecule has 0 saturated carbocycles. The molecule has 0 amide bonds. The fraction of sp³-hybridized carbons (Fsp3) is 0.713. The molecule has 0 aromatic rings. The van der Waals surface area contributed by atoms with Crippen LogP contribution < -0.4 is 0 Å². The summed E-state index contributed by atoms with van der Waals surface area (Å²) in [4.78, 5) is 37.7. The molecular formula is C80H138NO8+. The maximum atomic E-state index is 13.0. The Balaban J connectivity index is 4.08.